The molecule has 0 bridgehead atoms. The molecule has 168 valence electrons. The SMILES string of the molecule is CC(C)CNCCn1c(Sc2cc3c(cc2N2CCCC2)CN=N3)nc2c(N)ncnc21. The largest absolute Gasteiger partial charge is 0.382 e. The second-order valence-corrected chi connectivity index (χ2v) is 9.73. The highest BCUT2D eigenvalue weighted by Gasteiger charge is 2.23. The molecule has 2 aliphatic rings. The number of rotatable bonds is 8. The molecule has 2 aromatic heterocycles. The number of nitrogens with one attached hydrogen (secondary N) is 1. The molecule has 0 radical (unpaired) electrons. The second kappa shape index (κ2) is 9.03. The van der Waals surface area contributed by atoms with Gasteiger partial charge in [-0.15, -0.1) is 0 Å². The molecule has 5 rings (SSSR count). The maximum absolute atomic E-state index is 6.14. The molecule has 1 fully saturated rings. The van der Waals surface area contributed by atoms with E-state index >= 15 is 0 Å². The second-order valence-electron chi connectivity index (χ2n) is 8.72. The maximum atomic E-state index is 6.14. The quantitative estimate of drug-likeness (QED) is 0.498. The molecule has 32 heavy (non-hydrogen) atoms. The van der Waals surface area contributed by atoms with Crippen molar-refractivity contribution in [2.75, 3.05) is 36.8 Å². The molecule has 4 heterocycles. The van der Waals surface area contributed by atoms with Gasteiger partial charge in [-0.1, -0.05) is 13.8 Å². The first-order valence-corrected chi connectivity index (χ1v) is 12.1. The number of nitrogens with zero attached hydrogens (tertiary/aromatic N) is 7. The van der Waals surface area contributed by atoms with Gasteiger partial charge < -0.3 is 20.5 Å². The van der Waals surface area contributed by atoms with Crippen LogP contribution in [0.2, 0.25) is 0 Å². The zero-order valence-corrected chi connectivity index (χ0v) is 19.4. The van der Waals surface area contributed by atoms with Crippen molar-refractivity contribution >= 4 is 40.1 Å². The topological polar surface area (TPSA) is 110 Å². The van der Waals surface area contributed by atoms with Gasteiger partial charge in [0.1, 0.15) is 6.33 Å². The fourth-order valence-corrected chi connectivity index (χ4v) is 5.27. The summed E-state index contributed by atoms with van der Waals surface area (Å²) in [6, 6.07) is 4.41. The summed E-state index contributed by atoms with van der Waals surface area (Å²) in [5.74, 6) is 1.01. The summed E-state index contributed by atoms with van der Waals surface area (Å²) < 4.78 is 2.15. The third-order valence-corrected chi connectivity index (χ3v) is 6.86. The predicted molar refractivity (Wildman–Crippen MR) is 128 cm³/mol. The summed E-state index contributed by atoms with van der Waals surface area (Å²) in [7, 11) is 0. The van der Waals surface area contributed by atoms with Crippen molar-refractivity contribution in [3.8, 4) is 0 Å². The van der Waals surface area contributed by atoms with Crippen LogP contribution < -0.4 is 16.0 Å². The van der Waals surface area contributed by atoms with Gasteiger partial charge in [-0.2, -0.15) is 10.2 Å². The summed E-state index contributed by atoms with van der Waals surface area (Å²) in [4.78, 5) is 17.1. The standard InChI is InChI=1S/C22H29N9S/c1-14(2)11-24-5-8-31-21-19(20(23)25-13-26-21)28-22(31)32-18-10-16-15(12-27-29-16)9-17(18)30-6-3-4-7-30/h9-10,13-14,24H,3-8,11-12H2,1-2H3,(H2,23,25,26). The highest BCUT2D eigenvalue weighted by Crippen LogP contribution is 2.43. The number of aromatic nitrogens is 4. The molecule has 0 unspecified atom stereocenters. The molecule has 10 heteroatoms. The van der Waals surface area contributed by atoms with Crippen LogP contribution in [0.3, 0.4) is 0 Å². The average Bonchev–Trinajstić information content (AvgIpc) is 3.51. The fraction of sp³-hybridized carbons (Fsp3) is 0.500. The molecule has 1 aromatic carbocycles. The molecule has 0 aliphatic carbocycles. The Bertz CT molecular complexity index is 1150. The number of benzene rings is 1. The Morgan fingerprint density at radius 3 is 2.84 bits per heavy atom. The summed E-state index contributed by atoms with van der Waals surface area (Å²) in [6.45, 7) is 9.79. The minimum Gasteiger partial charge on any atom is -0.382 e. The average molecular weight is 452 g/mol. The molecule has 2 aliphatic heterocycles. The Balaban J connectivity index is 1.51. The fourth-order valence-electron chi connectivity index (χ4n) is 4.19. The smallest absolute Gasteiger partial charge is 0.175 e. The van der Waals surface area contributed by atoms with Gasteiger partial charge >= 0.3 is 0 Å². The first-order chi connectivity index (χ1) is 15.6. The van der Waals surface area contributed by atoms with Crippen LogP contribution in [0.5, 0.6) is 0 Å². The van der Waals surface area contributed by atoms with Gasteiger partial charge in [0.2, 0.25) is 0 Å². The minimum absolute atomic E-state index is 0.410. The van der Waals surface area contributed by atoms with Crippen LogP contribution in [0.1, 0.15) is 32.3 Å². The van der Waals surface area contributed by atoms with Crippen molar-refractivity contribution in [2.24, 2.45) is 16.1 Å². The van der Waals surface area contributed by atoms with Crippen LogP contribution >= 0.6 is 11.8 Å². The third kappa shape index (κ3) is 4.16. The lowest BCUT2D eigenvalue weighted by Gasteiger charge is -2.22. The lowest BCUT2D eigenvalue weighted by Crippen LogP contribution is -2.24. The van der Waals surface area contributed by atoms with E-state index in [4.69, 9.17) is 10.7 Å². The summed E-state index contributed by atoms with van der Waals surface area (Å²) in [5.41, 5.74) is 11.0. The zero-order chi connectivity index (χ0) is 22.1. The highest BCUT2D eigenvalue weighted by molar-refractivity contribution is 7.99. The van der Waals surface area contributed by atoms with Crippen LogP contribution in [0, 0.1) is 5.92 Å². The predicted octanol–water partition coefficient (Wildman–Crippen LogP) is 4.00. The first kappa shape index (κ1) is 21.1. The van der Waals surface area contributed by atoms with E-state index in [-0.39, 0.29) is 0 Å². The van der Waals surface area contributed by atoms with Crippen molar-refractivity contribution in [2.45, 2.75) is 49.8 Å². The Labute approximate surface area is 191 Å². The Morgan fingerprint density at radius 2 is 2.03 bits per heavy atom. The molecule has 0 atom stereocenters. The molecule has 0 amide bonds. The monoisotopic (exact) mass is 451 g/mol. The maximum Gasteiger partial charge on any atom is 0.175 e. The Hall–Kier alpha value is -2.72. The third-order valence-electron chi connectivity index (χ3n) is 5.82. The van der Waals surface area contributed by atoms with Gasteiger partial charge in [-0.05, 0) is 49.2 Å². The number of azo groups is 1. The van der Waals surface area contributed by atoms with E-state index in [1.807, 2.05) is 0 Å². The number of hydrogen-bond donors (Lipinski definition) is 2. The van der Waals surface area contributed by atoms with Crippen LogP contribution in [0.25, 0.3) is 11.2 Å². The van der Waals surface area contributed by atoms with Crippen LogP contribution in [0.4, 0.5) is 17.2 Å². The summed E-state index contributed by atoms with van der Waals surface area (Å²) >= 11 is 1.65. The normalized spacial score (nSPS) is 15.4. The molecular formula is C22H29N9S. The van der Waals surface area contributed by atoms with E-state index in [0.29, 0.717) is 23.8 Å². The van der Waals surface area contributed by atoms with Crippen LogP contribution in [-0.4, -0.2) is 45.7 Å². The highest BCUT2D eigenvalue weighted by atomic mass is 32.2. The van der Waals surface area contributed by atoms with Crippen LogP contribution in [-0.2, 0) is 13.1 Å². The van der Waals surface area contributed by atoms with Crippen molar-refractivity contribution in [3.63, 3.8) is 0 Å². The lowest BCUT2D eigenvalue weighted by atomic mass is 10.1. The Kier molecular flexibility index (Phi) is 5.97. The number of nitrogens with two attached hydrogens (primary N) is 1. The van der Waals surface area contributed by atoms with E-state index in [0.717, 1.165) is 54.1 Å². The van der Waals surface area contributed by atoms with E-state index in [1.165, 1.54) is 30.4 Å². The molecule has 3 aromatic rings. The summed E-state index contributed by atoms with van der Waals surface area (Å²) in [5, 5.41) is 13.0. The van der Waals surface area contributed by atoms with Crippen molar-refractivity contribution in [1.29, 1.82) is 0 Å². The van der Waals surface area contributed by atoms with Crippen molar-refractivity contribution in [1.82, 2.24) is 24.8 Å². The van der Waals surface area contributed by atoms with Crippen molar-refractivity contribution < 1.29 is 0 Å². The molecule has 9 nitrogen and oxygen atoms in total. The number of anilines is 2. The number of nitrogen functional groups attached to an aromatic ring is 1. The molecule has 3 N–H and O–H groups in total. The number of hydrogen-bond acceptors (Lipinski definition) is 9. The minimum atomic E-state index is 0.410. The van der Waals surface area contributed by atoms with Gasteiger partial charge in [-0.25, -0.2) is 15.0 Å². The van der Waals surface area contributed by atoms with Gasteiger partial charge in [0.05, 0.1) is 17.9 Å². The number of imidazole rings is 1. The first-order valence-electron chi connectivity index (χ1n) is 11.2. The van der Waals surface area contributed by atoms with Crippen LogP contribution in [0.15, 0.2) is 38.7 Å². The van der Waals surface area contributed by atoms with Crippen molar-refractivity contribution in [3.05, 3.63) is 24.0 Å². The lowest BCUT2D eigenvalue weighted by molar-refractivity contribution is 0.516. The van der Waals surface area contributed by atoms with E-state index in [1.54, 1.807) is 11.8 Å². The van der Waals surface area contributed by atoms with E-state index in [9.17, 15) is 0 Å². The van der Waals surface area contributed by atoms with E-state index in [2.05, 4.69) is 61.0 Å². The van der Waals surface area contributed by atoms with Gasteiger partial charge in [-0.3, -0.25) is 0 Å². The Morgan fingerprint density at radius 1 is 1.19 bits per heavy atom. The number of fused-ring (bicyclic) bond motifs is 2. The molecule has 1 saturated heterocycles. The molecule has 0 saturated carbocycles. The molecular weight excluding hydrogens is 422 g/mol. The zero-order valence-electron chi connectivity index (χ0n) is 18.6. The summed E-state index contributed by atoms with van der Waals surface area (Å²) in [6.07, 6.45) is 3.96. The van der Waals surface area contributed by atoms with Gasteiger partial charge in [0.15, 0.2) is 22.1 Å². The van der Waals surface area contributed by atoms with Gasteiger partial charge in [0.25, 0.3) is 0 Å². The van der Waals surface area contributed by atoms with E-state index < -0.39 is 0 Å². The molecule has 0 spiro atoms. The van der Waals surface area contributed by atoms with Gasteiger partial charge in [0, 0.05) is 36.6 Å².